The van der Waals surface area contributed by atoms with Gasteiger partial charge in [0.1, 0.15) is 16.7 Å². The summed E-state index contributed by atoms with van der Waals surface area (Å²) in [6.07, 6.45) is 0.542. The van der Waals surface area contributed by atoms with Crippen molar-refractivity contribution in [3.8, 4) is 5.75 Å². The summed E-state index contributed by atoms with van der Waals surface area (Å²) < 4.78 is 42.6. The van der Waals surface area contributed by atoms with Crippen LogP contribution in [0.3, 0.4) is 0 Å². The zero-order valence-corrected chi connectivity index (χ0v) is 14.7. The molecule has 1 aromatic carbocycles. The van der Waals surface area contributed by atoms with E-state index < -0.39 is 28.1 Å². The van der Waals surface area contributed by atoms with Crippen LogP contribution in [0.15, 0.2) is 23.1 Å². The average Bonchev–Trinajstić information content (AvgIpc) is 3.30. The van der Waals surface area contributed by atoms with Crippen molar-refractivity contribution < 1.29 is 32.2 Å². The molecule has 0 amide bonds. The van der Waals surface area contributed by atoms with Crippen LogP contribution in [0.25, 0.3) is 0 Å². The molecule has 25 heavy (non-hydrogen) atoms. The van der Waals surface area contributed by atoms with E-state index in [2.05, 4.69) is 4.72 Å². The lowest BCUT2D eigenvalue weighted by Crippen LogP contribution is -2.27. The van der Waals surface area contributed by atoms with Gasteiger partial charge < -0.3 is 14.2 Å². The van der Waals surface area contributed by atoms with Gasteiger partial charge in [0.25, 0.3) is 0 Å². The topological polar surface area (TPSA) is 108 Å². The van der Waals surface area contributed by atoms with E-state index in [0.717, 1.165) is 12.8 Å². The second kappa shape index (κ2) is 6.64. The number of rotatable bonds is 6. The van der Waals surface area contributed by atoms with Gasteiger partial charge in [-0.2, -0.15) is 0 Å². The number of benzene rings is 1. The Hall–Kier alpha value is -2.13. The Morgan fingerprint density at radius 1 is 1.32 bits per heavy atom. The van der Waals surface area contributed by atoms with Crippen LogP contribution in [0.4, 0.5) is 0 Å². The van der Waals surface area contributed by atoms with Crippen molar-refractivity contribution in [3.05, 3.63) is 23.8 Å². The highest BCUT2D eigenvalue weighted by Crippen LogP contribution is 2.29. The monoisotopic (exact) mass is 369 g/mol. The van der Waals surface area contributed by atoms with Crippen LogP contribution in [0, 0.1) is 0 Å². The van der Waals surface area contributed by atoms with Gasteiger partial charge in [-0.15, -0.1) is 0 Å². The Morgan fingerprint density at radius 2 is 2.04 bits per heavy atom. The first kappa shape index (κ1) is 17.7. The fourth-order valence-electron chi connectivity index (χ4n) is 2.51. The Balaban J connectivity index is 1.83. The van der Waals surface area contributed by atoms with Crippen molar-refractivity contribution in [1.29, 1.82) is 0 Å². The van der Waals surface area contributed by atoms with Crippen molar-refractivity contribution in [3.63, 3.8) is 0 Å². The van der Waals surface area contributed by atoms with Crippen molar-refractivity contribution in [2.45, 2.75) is 49.3 Å². The highest BCUT2D eigenvalue weighted by molar-refractivity contribution is 7.89. The quantitative estimate of drug-likeness (QED) is 0.745. The molecule has 0 spiro atoms. The molecule has 9 heteroatoms. The summed E-state index contributed by atoms with van der Waals surface area (Å²) in [6, 6.07) is 3.88. The summed E-state index contributed by atoms with van der Waals surface area (Å²) >= 11 is 0. The van der Waals surface area contributed by atoms with Crippen LogP contribution in [0.5, 0.6) is 5.75 Å². The molecule has 2 aliphatic rings. The molecule has 1 saturated heterocycles. The van der Waals surface area contributed by atoms with E-state index >= 15 is 0 Å². The molecule has 1 heterocycles. The third kappa shape index (κ3) is 3.93. The molecule has 0 radical (unpaired) electrons. The molecule has 1 aliphatic heterocycles. The first-order valence-electron chi connectivity index (χ1n) is 7.92. The summed E-state index contributed by atoms with van der Waals surface area (Å²) in [6.45, 7) is 1.70. The van der Waals surface area contributed by atoms with Gasteiger partial charge in [0.2, 0.25) is 16.1 Å². The minimum absolute atomic E-state index is 0.0179. The van der Waals surface area contributed by atoms with E-state index in [0.29, 0.717) is 0 Å². The Labute approximate surface area is 145 Å². The number of cyclic esters (lactones) is 1. The summed E-state index contributed by atoms with van der Waals surface area (Å²) in [5.41, 5.74) is 0.0179. The standard InChI is InChI=1S/C16H19NO7S/c1-9-7-13(16(19)23-9)24-15(18)10-3-6-12(22-2)14(8-10)25(20,21)17-11-4-5-11/h3,6,8-9,11,13,17H,4-5,7H2,1-2H3/t9-,13-/m0/s1. The number of carbonyl (C=O) groups excluding carboxylic acids is 2. The maximum atomic E-state index is 12.5. The van der Waals surface area contributed by atoms with E-state index in [-0.39, 0.29) is 34.8 Å². The molecule has 1 aromatic rings. The summed E-state index contributed by atoms with van der Waals surface area (Å²) in [7, 11) is -2.47. The van der Waals surface area contributed by atoms with E-state index in [1.165, 1.54) is 25.3 Å². The first-order valence-corrected chi connectivity index (χ1v) is 9.40. The molecule has 1 saturated carbocycles. The predicted octanol–water partition coefficient (Wildman–Crippen LogP) is 0.997. The van der Waals surface area contributed by atoms with E-state index in [9.17, 15) is 18.0 Å². The summed E-state index contributed by atoms with van der Waals surface area (Å²) in [5, 5.41) is 0. The second-order valence-electron chi connectivity index (χ2n) is 6.14. The molecule has 2 atom stereocenters. The number of carbonyl (C=O) groups is 2. The SMILES string of the molecule is COc1ccc(C(=O)O[C@H]2C[C@H](C)OC2=O)cc1S(=O)(=O)NC1CC1. The first-order chi connectivity index (χ1) is 11.8. The molecule has 1 aliphatic carbocycles. The maximum Gasteiger partial charge on any atom is 0.347 e. The fraction of sp³-hybridized carbons (Fsp3) is 0.500. The lowest BCUT2D eigenvalue weighted by molar-refractivity contribution is -0.147. The predicted molar refractivity (Wildman–Crippen MR) is 85.7 cm³/mol. The molecular formula is C16H19NO7S. The maximum absolute atomic E-state index is 12.5. The molecule has 8 nitrogen and oxygen atoms in total. The summed E-state index contributed by atoms with van der Waals surface area (Å²) in [4.78, 5) is 23.7. The largest absolute Gasteiger partial charge is 0.495 e. The lowest BCUT2D eigenvalue weighted by atomic mass is 10.2. The Kier molecular flexibility index (Phi) is 4.70. The van der Waals surface area contributed by atoms with Gasteiger partial charge in [-0.3, -0.25) is 0 Å². The van der Waals surface area contributed by atoms with Crippen molar-refractivity contribution in [1.82, 2.24) is 4.72 Å². The number of esters is 2. The molecule has 0 aromatic heterocycles. The number of ether oxygens (including phenoxy) is 3. The van der Waals surface area contributed by atoms with Gasteiger partial charge in [0.05, 0.1) is 12.7 Å². The number of hydrogen-bond acceptors (Lipinski definition) is 7. The van der Waals surface area contributed by atoms with Crippen LogP contribution in [-0.4, -0.2) is 45.7 Å². The highest BCUT2D eigenvalue weighted by atomic mass is 32.2. The number of nitrogens with one attached hydrogen (secondary N) is 1. The van der Waals surface area contributed by atoms with Gasteiger partial charge >= 0.3 is 11.9 Å². The lowest BCUT2D eigenvalue weighted by Gasteiger charge is -2.13. The van der Waals surface area contributed by atoms with E-state index in [1.54, 1.807) is 6.92 Å². The van der Waals surface area contributed by atoms with Crippen molar-refractivity contribution in [2.75, 3.05) is 7.11 Å². The van der Waals surface area contributed by atoms with E-state index in [1.807, 2.05) is 0 Å². The molecule has 0 unspecified atom stereocenters. The number of hydrogen-bond donors (Lipinski definition) is 1. The van der Waals surface area contributed by atoms with E-state index in [4.69, 9.17) is 14.2 Å². The molecule has 136 valence electrons. The third-order valence-corrected chi connectivity index (χ3v) is 5.51. The zero-order valence-electron chi connectivity index (χ0n) is 13.9. The van der Waals surface area contributed by atoms with Gasteiger partial charge in [-0.25, -0.2) is 22.7 Å². The van der Waals surface area contributed by atoms with Crippen LogP contribution in [0.2, 0.25) is 0 Å². The van der Waals surface area contributed by atoms with Crippen LogP contribution < -0.4 is 9.46 Å². The Bertz CT molecular complexity index is 801. The molecule has 1 N–H and O–H groups in total. The third-order valence-electron chi connectivity index (χ3n) is 3.96. The van der Waals surface area contributed by atoms with Gasteiger partial charge in [-0.05, 0) is 38.0 Å². The summed E-state index contributed by atoms with van der Waals surface area (Å²) in [5.74, 6) is -1.27. The van der Waals surface area contributed by atoms with Crippen LogP contribution >= 0.6 is 0 Å². The Morgan fingerprint density at radius 3 is 2.60 bits per heavy atom. The minimum Gasteiger partial charge on any atom is -0.495 e. The highest BCUT2D eigenvalue weighted by Gasteiger charge is 2.36. The van der Waals surface area contributed by atoms with Crippen LogP contribution in [0.1, 0.15) is 36.5 Å². The van der Waals surface area contributed by atoms with Gasteiger partial charge in [0, 0.05) is 12.5 Å². The molecule has 2 fully saturated rings. The van der Waals surface area contributed by atoms with Gasteiger partial charge in [-0.1, -0.05) is 0 Å². The van der Waals surface area contributed by atoms with Crippen LogP contribution in [-0.2, 0) is 24.3 Å². The van der Waals surface area contributed by atoms with Crippen molar-refractivity contribution >= 4 is 22.0 Å². The smallest absolute Gasteiger partial charge is 0.347 e. The zero-order chi connectivity index (χ0) is 18.2. The van der Waals surface area contributed by atoms with Gasteiger partial charge in [0.15, 0.2) is 0 Å². The number of sulfonamides is 1. The normalized spacial score (nSPS) is 23.2. The molecular weight excluding hydrogens is 350 g/mol. The van der Waals surface area contributed by atoms with Crippen molar-refractivity contribution in [2.24, 2.45) is 0 Å². The number of methoxy groups -OCH3 is 1. The fourth-order valence-corrected chi connectivity index (χ4v) is 4.01. The minimum atomic E-state index is -3.82. The molecule has 3 rings (SSSR count). The second-order valence-corrected chi connectivity index (χ2v) is 7.82. The molecule has 0 bridgehead atoms. The average molecular weight is 369 g/mol.